The molecule has 0 aliphatic heterocycles. The minimum Gasteiger partial charge on any atom is -0.477 e. The Morgan fingerprint density at radius 3 is 2.21 bits per heavy atom. The Morgan fingerprint density at radius 2 is 1.56 bits per heavy atom. The van der Waals surface area contributed by atoms with Crippen LogP contribution in [0.1, 0.15) is 16.1 Å². The number of rotatable bonds is 7. The molecule has 4 aromatic carbocycles. The number of aromatic nitrogens is 1. The van der Waals surface area contributed by atoms with E-state index in [1.165, 1.54) is 16.7 Å². The van der Waals surface area contributed by atoms with Gasteiger partial charge in [0.15, 0.2) is 0 Å². The second kappa shape index (κ2) is 10.5. The van der Waals surface area contributed by atoms with Crippen LogP contribution in [0.15, 0.2) is 111 Å². The normalized spacial score (nSPS) is 11.4. The number of nitrogens with one attached hydrogen (secondary N) is 1. The number of sulfonamides is 1. The van der Waals surface area contributed by atoms with Crippen molar-refractivity contribution in [1.29, 1.82) is 0 Å². The van der Waals surface area contributed by atoms with Gasteiger partial charge < -0.3 is 5.11 Å². The topological polar surface area (TPSA) is 105 Å². The van der Waals surface area contributed by atoms with Crippen LogP contribution in [0.2, 0.25) is 0 Å². The van der Waals surface area contributed by atoms with Gasteiger partial charge in [-0.1, -0.05) is 58.4 Å². The first kappa shape index (κ1) is 26.3. The monoisotopic (exact) mass is 606 g/mol. The standard InChI is InChI=1S/C29H20BrFN2O5S/c30-20-8-15-24-25(16-20)26(19-4-2-1-3-5-19)27(29(35)36)33(28(24)34)17-18-6-11-22(12-7-18)32-39(37,38)23-13-9-21(31)10-14-23/h1-16,32H,17H2,(H,35,36). The average Bonchev–Trinajstić information content (AvgIpc) is 2.91. The van der Waals surface area contributed by atoms with Gasteiger partial charge in [-0.15, -0.1) is 0 Å². The number of hydrogen-bond acceptors (Lipinski definition) is 4. The molecule has 0 aliphatic carbocycles. The first-order chi connectivity index (χ1) is 18.6. The highest BCUT2D eigenvalue weighted by atomic mass is 79.9. The van der Waals surface area contributed by atoms with E-state index in [4.69, 9.17) is 0 Å². The molecule has 0 saturated heterocycles. The fourth-order valence-corrected chi connectivity index (χ4v) is 5.80. The lowest BCUT2D eigenvalue weighted by atomic mass is 9.96. The van der Waals surface area contributed by atoms with Gasteiger partial charge in [-0.2, -0.15) is 0 Å². The Balaban J connectivity index is 1.56. The first-order valence-electron chi connectivity index (χ1n) is 11.7. The van der Waals surface area contributed by atoms with Crippen LogP contribution in [0.4, 0.5) is 10.1 Å². The molecule has 196 valence electrons. The number of anilines is 1. The van der Waals surface area contributed by atoms with Gasteiger partial charge in [0.25, 0.3) is 15.6 Å². The van der Waals surface area contributed by atoms with Crippen LogP contribution in [0.25, 0.3) is 21.9 Å². The molecule has 0 aliphatic rings. The molecule has 10 heteroatoms. The molecule has 0 atom stereocenters. The molecule has 0 bridgehead atoms. The summed E-state index contributed by atoms with van der Waals surface area (Å²) in [6.07, 6.45) is 0. The lowest BCUT2D eigenvalue weighted by Gasteiger charge is -2.18. The second-order valence-electron chi connectivity index (χ2n) is 8.73. The summed E-state index contributed by atoms with van der Waals surface area (Å²) in [4.78, 5) is 26.0. The number of carbonyl (C=O) groups is 1. The Morgan fingerprint density at radius 1 is 0.897 bits per heavy atom. The van der Waals surface area contributed by atoms with Crippen LogP contribution in [0, 0.1) is 5.82 Å². The predicted molar refractivity (Wildman–Crippen MR) is 151 cm³/mol. The maximum atomic E-state index is 13.6. The molecule has 1 aromatic heterocycles. The van der Waals surface area contributed by atoms with Gasteiger partial charge in [0, 0.05) is 21.1 Å². The average molecular weight is 607 g/mol. The Kier molecular flexibility index (Phi) is 7.07. The highest BCUT2D eigenvalue weighted by molar-refractivity contribution is 9.10. The lowest BCUT2D eigenvalue weighted by Crippen LogP contribution is -2.28. The molecule has 5 rings (SSSR count). The highest BCUT2D eigenvalue weighted by Crippen LogP contribution is 2.33. The van der Waals surface area contributed by atoms with Crippen molar-refractivity contribution >= 4 is 48.4 Å². The zero-order valence-corrected chi connectivity index (χ0v) is 22.5. The van der Waals surface area contributed by atoms with Crippen LogP contribution in [0.3, 0.4) is 0 Å². The minimum atomic E-state index is -3.94. The molecule has 39 heavy (non-hydrogen) atoms. The number of nitrogens with zero attached hydrogens (tertiary/aromatic N) is 1. The Labute approximate surface area is 231 Å². The molecule has 7 nitrogen and oxygen atoms in total. The van der Waals surface area contributed by atoms with E-state index in [0.29, 0.717) is 31.9 Å². The van der Waals surface area contributed by atoms with E-state index < -0.39 is 27.4 Å². The van der Waals surface area contributed by atoms with Crippen LogP contribution in [0.5, 0.6) is 0 Å². The summed E-state index contributed by atoms with van der Waals surface area (Å²) in [7, 11) is -3.94. The third-order valence-electron chi connectivity index (χ3n) is 6.17. The zero-order valence-electron chi connectivity index (χ0n) is 20.1. The van der Waals surface area contributed by atoms with Crippen molar-refractivity contribution in [1.82, 2.24) is 4.57 Å². The minimum absolute atomic E-state index is 0.0582. The number of halogens is 2. The highest BCUT2D eigenvalue weighted by Gasteiger charge is 2.23. The van der Waals surface area contributed by atoms with Crippen LogP contribution in [-0.4, -0.2) is 24.1 Å². The zero-order chi connectivity index (χ0) is 27.7. The van der Waals surface area contributed by atoms with Crippen molar-refractivity contribution in [3.63, 3.8) is 0 Å². The van der Waals surface area contributed by atoms with Crippen molar-refractivity contribution in [2.75, 3.05) is 4.72 Å². The summed E-state index contributed by atoms with van der Waals surface area (Å²) in [5, 5.41) is 11.1. The third-order valence-corrected chi connectivity index (χ3v) is 8.06. The largest absolute Gasteiger partial charge is 0.477 e. The Bertz CT molecular complexity index is 1870. The summed E-state index contributed by atoms with van der Waals surface area (Å²) in [6, 6.07) is 24.8. The van der Waals surface area contributed by atoms with Gasteiger partial charge in [0.05, 0.1) is 11.4 Å². The summed E-state index contributed by atoms with van der Waals surface area (Å²) in [5.41, 5.74) is 1.29. The van der Waals surface area contributed by atoms with Crippen LogP contribution < -0.4 is 10.3 Å². The number of carboxylic acid groups (broad SMARTS) is 1. The summed E-state index contributed by atoms with van der Waals surface area (Å²) < 4.78 is 42.8. The molecule has 2 N–H and O–H groups in total. The maximum Gasteiger partial charge on any atom is 0.353 e. The van der Waals surface area contributed by atoms with E-state index in [1.807, 2.05) is 6.07 Å². The number of carboxylic acids is 1. The fraction of sp³-hybridized carbons (Fsp3) is 0.0345. The van der Waals surface area contributed by atoms with Gasteiger partial charge in [0.1, 0.15) is 11.5 Å². The van der Waals surface area contributed by atoms with Crippen molar-refractivity contribution in [3.05, 3.63) is 129 Å². The maximum absolute atomic E-state index is 13.6. The SMILES string of the molecule is O=C(O)c1c(-c2ccccc2)c2cc(Br)ccc2c(=O)n1Cc1ccc(NS(=O)(=O)c2ccc(F)cc2)cc1. The van der Waals surface area contributed by atoms with Gasteiger partial charge in [0.2, 0.25) is 0 Å². The summed E-state index contributed by atoms with van der Waals surface area (Å²) >= 11 is 3.42. The van der Waals surface area contributed by atoms with Crippen LogP contribution >= 0.6 is 15.9 Å². The number of fused-ring (bicyclic) bond motifs is 1. The van der Waals surface area contributed by atoms with Crippen molar-refractivity contribution in [2.24, 2.45) is 0 Å². The molecule has 0 unspecified atom stereocenters. The van der Waals surface area contributed by atoms with E-state index in [9.17, 15) is 27.5 Å². The van der Waals surface area contributed by atoms with E-state index in [1.54, 1.807) is 54.6 Å². The van der Waals surface area contributed by atoms with Crippen molar-refractivity contribution < 1.29 is 22.7 Å². The quantitative estimate of drug-likeness (QED) is 0.232. The molecular formula is C29H20BrFN2O5S. The molecule has 0 radical (unpaired) electrons. The number of pyridine rings is 1. The molecule has 0 saturated carbocycles. The van der Waals surface area contributed by atoms with E-state index in [-0.39, 0.29) is 22.8 Å². The molecule has 1 heterocycles. The molecular weight excluding hydrogens is 587 g/mol. The van der Waals surface area contributed by atoms with Gasteiger partial charge in [-0.3, -0.25) is 14.1 Å². The predicted octanol–water partition coefficient (Wildman–Crippen LogP) is 6.12. The van der Waals surface area contributed by atoms with E-state index >= 15 is 0 Å². The van der Waals surface area contributed by atoms with Crippen molar-refractivity contribution in [2.45, 2.75) is 11.4 Å². The molecule has 5 aromatic rings. The number of benzene rings is 4. The van der Waals surface area contributed by atoms with E-state index in [0.717, 1.165) is 24.3 Å². The molecule has 0 spiro atoms. The van der Waals surface area contributed by atoms with Crippen LogP contribution in [-0.2, 0) is 16.6 Å². The first-order valence-corrected chi connectivity index (χ1v) is 13.9. The fourth-order valence-electron chi connectivity index (χ4n) is 4.38. The third kappa shape index (κ3) is 5.34. The van der Waals surface area contributed by atoms with E-state index in [2.05, 4.69) is 20.7 Å². The summed E-state index contributed by atoms with van der Waals surface area (Å²) in [6.45, 7) is -0.0582. The number of hydrogen-bond donors (Lipinski definition) is 2. The molecule has 0 amide bonds. The summed E-state index contributed by atoms with van der Waals surface area (Å²) in [5.74, 6) is -1.80. The van der Waals surface area contributed by atoms with Crippen molar-refractivity contribution in [3.8, 4) is 11.1 Å². The second-order valence-corrected chi connectivity index (χ2v) is 11.3. The number of aromatic carboxylic acids is 1. The van der Waals surface area contributed by atoms with Gasteiger partial charge in [-0.05, 0) is 71.1 Å². The Hall–Kier alpha value is -4.28. The van der Waals surface area contributed by atoms with Gasteiger partial charge in [-0.25, -0.2) is 17.6 Å². The lowest BCUT2D eigenvalue weighted by molar-refractivity contribution is 0.0685. The molecule has 0 fully saturated rings. The van der Waals surface area contributed by atoms with Gasteiger partial charge >= 0.3 is 5.97 Å². The smallest absolute Gasteiger partial charge is 0.353 e.